The fourth-order valence-electron chi connectivity index (χ4n) is 0.184. The van der Waals surface area contributed by atoms with Gasteiger partial charge in [0.2, 0.25) is 0 Å². The van der Waals surface area contributed by atoms with E-state index in [0.717, 1.165) is 13.2 Å². The second-order valence-electron chi connectivity index (χ2n) is 1.06. The summed E-state index contributed by atoms with van der Waals surface area (Å²) in [6.45, 7) is 3.08. The van der Waals surface area contributed by atoms with Crippen LogP contribution in [-0.4, -0.2) is 18.9 Å². The largest absolute Gasteiger partial charge is 0.463 e. The summed E-state index contributed by atoms with van der Waals surface area (Å²) >= 11 is 0. The SMILES string of the molecule is C=CC(=O)C(=O)OC. The first kappa shape index (κ1) is 6.88. The number of methoxy groups -OCH3 is 1. The van der Waals surface area contributed by atoms with Gasteiger partial charge in [0.1, 0.15) is 0 Å². The molecule has 0 aromatic carbocycles. The van der Waals surface area contributed by atoms with Crippen LogP contribution in [0.1, 0.15) is 0 Å². The molecule has 0 amide bonds. The molecule has 0 aromatic heterocycles. The van der Waals surface area contributed by atoms with Crippen LogP contribution in [0.25, 0.3) is 0 Å². The quantitative estimate of drug-likeness (QED) is 0.286. The van der Waals surface area contributed by atoms with Crippen molar-refractivity contribution in [2.45, 2.75) is 0 Å². The number of hydrogen-bond donors (Lipinski definition) is 0. The zero-order valence-electron chi connectivity index (χ0n) is 4.51. The molecule has 0 aliphatic heterocycles. The summed E-state index contributed by atoms with van der Waals surface area (Å²) in [5.74, 6) is -1.59. The summed E-state index contributed by atoms with van der Waals surface area (Å²) in [5, 5.41) is 0. The molecule has 0 heterocycles. The van der Waals surface area contributed by atoms with Gasteiger partial charge >= 0.3 is 5.97 Å². The van der Waals surface area contributed by atoms with E-state index in [1.165, 1.54) is 0 Å². The van der Waals surface area contributed by atoms with Crippen molar-refractivity contribution in [2.75, 3.05) is 7.11 Å². The maximum atomic E-state index is 10.2. The van der Waals surface area contributed by atoms with E-state index in [-0.39, 0.29) is 0 Å². The Kier molecular flexibility index (Phi) is 2.54. The van der Waals surface area contributed by atoms with Crippen LogP contribution in [0.15, 0.2) is 12.7 Å². The standard InChI is InChI=1S/C5H6O3/c1-3-4(6)5(7)8-2/h3H,1H2,2H3. The van der Waals surface area contributed by atoms with Crippen LogP contribution >= 0.6 is 0 Å². The third-order valence-electron chi connectivity index (χ3n) is 0.572. The lowest BCUT2D eigenvalue weighted by atomic mass is 10.4. The molecule has 0 N–H and O–H groups in total. The third-order valence-corrected chi connectivity index (χ3v) is 0.572. The number of ether oxygens (including phenoxy) is 1. The summed E-state index contributed by atoms with van der Waals surface area (Å²) in [6.07, 6.45) is 0.909. The van der Waals surface area contributed by atoms with Gasteiger partial charge in [-0.15, -0.1) is 0 Å². The van der Waals surface area contributed by atoms with Crippen LogP contribution in [-0.2, 0) is 14.3 Å². The summed E-state index contributed by atoms with van der Waals surface area (Å²) in [7, 11) is 1.14. The molecule has 0 radical (unpaired) electrons. The summed E-state index contributed by atoms with van der Waals surface area (Å²) in [4.78, 5) is 20.3. The molecule has 0 bridgehead atoms. The molecular formula is C5H6O3. The van der Waals surface area contributed by atoms with Gasteiger partial charge in [-0.1, -0.05) is 6.58 Å². The predicted octanol–water partition coefficient (Wildman–Crippen LogP) is -0.0855. The number of ketones is 1. The smallest absolute Gasteiger partial charge is 0.378 e. The molecule has 0 unspecified atom stereocenters. The first-order chi connectivity index (χ1) is 3.72. The molecule has 0 fully saturated rings. The van der Waals surface area contributed by atoms with Crippen molar-refractivity contribution in [2.24, 2.45) is 0 Å². The number of rotatable bonds is 2. The van der Waals surface area contributed by atoms with Crippen molar-refractivity contribution in [3.8, 4) is 0 Å². The highest BCUT2D eigenvalue weighted by Gasteiger charge is 2.06. The van der Waals surface area contributed by atoms with Crippen molar-refractivity contribution >= 4 is 11.8 Å². The first-order valence-corrected chi connectivity index (χ1v) is 1.97. The first-order valence-electron chi connectivity index (χ1n) is 1.97. The van der Waals surface area contributed by atoms with E-state index in [2.05, 4.69) is 11.3 Å². The average molecular weight is 114 g/mol. The van der Waals surface area contributed by atoms with Gasteiger partial charge in [-0.3, -0.25) is 4.79 Å². The van der Waals surface area contributed by atoms with E-state index in [9.17, 15) is 9.59 Å². The van der Waals surface area contributed by atoms with E-state index in [1.807, 2.05) is 0 Å². The molecule has 0 aromatic rings. The second kappa shape index (κ2) is 2.96. The number of esters is 1. The lowest BCUT2D eigenvalue weighted by Gasteiger charge is -1.87. The normalized spacial score (nSPS) is 7.62. The van der Waals surface area contributed by atoms with Gasteiger partial charge in [-0.2, -0.15) is 0 Å². The lowest BCUT2D eigenvalue weighted by Crippen LogP contribution is -2.11. The Labute approximate surface area is 46.9 Å². The van der Waals surface area contributed by atoms with Crippen molar-refractivity contribution < 1.29 is 14.3 Å². The van der Waals surface area contributed by atoms with Gasteiger partial charge in [0, 0.05) is 0 Å². The minimum atomic E-state index is -0.875. The van der Waals surface area contributed by atoms with Crippen LogP contribution in [0.4, 0.5) is 0 Å². The van der Waals surface area contributed by atoms with E-state index < -0.39 is 11.8 Å². The van der Waals surface area contributed by atoms with Crippen molar-refractivity contribution in [3.05, 3.63) is 12.7 Å². The van der Waals surface area contributed by atoms with E-state index >= 15 is 0 Å². The molecule has 0 saturated heterocycles. The van der Waals surface area contributed by atoms with Gasteiger partial charge in [0.25, 0.3) is 5.78 Å². The Bertz CT molecular complexity index is 126. The zero-order chi connectivity index (χ0) is 6.57. The van der Waals surface area contributed by atoms with Crippen LogP contribution < -0.4 is 0 Å². The zero-order valence-corrected chi connectivity index (χ0v) is 4.51. The second-order valence-corrected chi connectivity index (χ2v) is 1.06. The van der Waals surface area contributed by atoms with E-state index in [1.54, 1.807) is 0 Å². The monoisotopic (exact) mass is 114 g/mol. The van der Waals surface area contributed by atoms with Gasteiger partial charge in [0.15, 0.2) is 0 Å². The molecule has 0 aliphatic carbocycles. The Morgan fingerprint density at radius 3 is 2.25 bits per heavy atom. The molecule has 3 heteroatoms. The molecule has 0 aliphatic rings. The molecule has 3 nitrogen and oxygen atoms in total. The molecule has 0 atom stereocenters. The lowest BCUT2D eigenvalue weighted by molar-refractivity contribution is -0.149. The van der Waals surface area contributed by atoms with E-state index in [4.69, 9.17) is 0 Å². The van der Waals surface area contributed by atoms with E-state index in [0.29, 0.717) is 0 Å². The highest BCUT2D eigenvalue weighted by Crippen LogP contribution is 1.76. The molecule has 0 saturated carbocycles. The molecule has 44 valence electrons. The van der Waals surface area contributed by atoms with Crippen LogP contribution in [0.5, 0.6) is 0 Å². The molecule has 0 spiro atoms. The minimum absolute atomic E-state index is 0.715. The summed E-state index contributed by atoms with van der Waals surface area (Å²) in [6, 6.07) is 0. The minimum Gasteiger partial charge on any atom is -0.463 e. The Morgan fingerprint density at radius 2 is 2.12 bits per heavy atom. The van der Waals surface area contributed by atoms with Gasteiger partial charge in [-0.05, 0) is 6.08 Å². The molecule has 0 rings (SSSR count). The summed E-state index contributed by atoms with van der Waals surface area (Å²) in [5.41, 5.74) is 0. The van der Waals surface area contributed by atoms with Crippen molar-refractivity contribution in [1.82, 2.24) is 0 Å². The Morgan fingerprint density at radius 1 is 1.62 bits per heavy atom. The topological polar surface area (TPSA) is 43.4 Å². The number of carbonyl (C=O) groups is 2. The Balaban J connectivity index is 3.82. The highest BCUT2D eigenvalue weighted by molar-refractivity contribution is 6.38. The average Bonchev–Trinajstić information content (AvgIpc) is 1.84. The van der Waals surface area contributed by atoms with Gasteiger partial charge in [0.05, 0.1) is 7.11 Å². The van der Waals surface area contributed by atoms with Gasteiger partial charge < -0.3 is 4.74 Å². The number of hydrogen-bond acceptors (Lipinski definition) is 3. The maximum absolute atomic E-state index is 10.2. The maximum Gasteiger partial charge on any atom is 0.378 e. The van der Waals surface area contributed by atoms with Gasteiger partial charge in [-0.25, -0.2) is 4.79 Å². The van der Waals surface area contributed by atoms with Crippen LogP contribution in [0.3, 0.4) is 0 Å². The molecule has 8 heavy (non-hydrogen) atoms. The van der Waals surface area contributed by atoms with Crippen molar-refractivity contribution in [1.29, 1.82) is 0 Å². The third kappa shape index (κ3) is 1.55. The van der Waals surface area contributed by atoms with Crippen LogP contribution in [0, 0.1) is 0 Å². The fraction of sp³-hybridized carbons (Fsp3) is 0.200. The summed E-state index contributed by atoms with van der Waals surface area (Å²) < 4.78 is 4.04. The van der Waals surface area contributed by atoms with Crippen molar-refractivity contribution in [3.63, 3.8) is 0 Å². The highest BCUT2D eigenvalue weighted by atomic mass is 16.5. The van der Waals surface area contributed by atoms with Crippen LogP contribution in [0.2, 0.25) is 0 Å². The molecular weight excluding hydrogens is 108 g/mol. The predicted molar refractivity (Wildman–Crippen MR) is 27.2 cm³/mol. The number of carbonyl (C=O) groups excluding carboxylic acids is 2. The fourth-order valence-corrected chi connectivity index (χ4v) is 0.184. The Hall–Kier alpha value is -1.12.